The van der Waals surface area contributed by atoms with Crippen LogP contribution in [0.5, 0.6) is 5.75 Å². The number of phenolic OH excluding ortho intramolecular Hbond substituents is 1. The van der Waals surface area contributed by atoms with E-state index in [-0.39, 0.29) is 15.7 Å². The maximum Gasteiger partial charge on any atom is 0.335 e. The van der Waals surface area contributed by atoms with Crippen LogP contribution >= 0.6 is 27.5 Å². The summed E-state index contributed by atoms with van der Waals surface area (Å²) in [5, 5.41) is 23.2. The molecule has 3 rings (SSSR count). The third kappa shape index (κ3) is 3.84. The van der Waals surface area contributed by atoms with Crippen molar-refractivity contribution >= 4 is 62.8 Å². The van der Waals surface area contributed by atoms with Gasteiger partial charge in [-0.15, -0.1) is 0 Å². The van der Waals surface area contributed by atoms with Crippen molar-refractivity contribution in [2.24, 2.45) is 0 Å². The first-order chi connectivity index (χ1) is 13.6. The van der Waals surface area contributed by atoms with Gasteiger partial charge in [-0.1, -0.05) is 17.7 Å². The van der Waals surface area contributed by atoms with Crippen LogP contribution in [0.1, 0.15) is 11.1 Å². The molecule has 11 heteroatoms. The van der Waals surface area contributed by atoms with Gasteiger partial charge >= 0.3 is 11.7 Å². The summed E-state index contributed by atoms with van der Waals surface area (Å²) in [5.41, 5.74) is -0.0646. The smallest absolute Gasteiger partial charge is 0.335 e. The number of nitro groups is 1. The normalized spacial score (nSPS) is 15.6. The standard InChI is InChI=1S/C18H11BrClN3O6/c1-8-2-3-10(7-13(8)20)22-17(26)11(16(25)21-18(22)27)4-9-5-12(19)15(24)14(6-9)23(28)29/h2-7,24H,1H3,(H,21,25,27)/b11-4-. The number of amides is 4. The van der Waals surface area contributed by atoms with Gasteiger partial charge in [0.25, 0.3) is 11.8 Å². The number of nitrogens with zero attached hydrogens (tertiary/aromatic N) is 2. The monoisotopic (exact) mass is 479 g/mol. The lowest BCUT2D eigenvalue weighted by atomic mass is 10.1. The van der Waals surface area contributed by atoms with Crippen LogP contribution in [0.3, 0.4) is 0 Å². The Hall–Kier alpha value is -3.24. The van der Waals surface area contributed by atoms with Crippen molar-refractivity contribution in [1.82, 2.24) is 5.32 Å². The molecular weight excluding hydrogens is 470 g/mol. The molecule has 0 bridgehead atoms. The number of nitrogens with one attached hydrogen (secondary N) is 1. The average Bonchev–Trinajstić information content (AvgIpc) is 2.63. The lowest BCUT2D eigenvalue weighted by Gasteiger charge is -2.26. The molecule has 1 aliphatic heterocycles. The first-order valence-corrected chi connectivity index (χ1v) is 9.11. The number of carbonyl (C=O) groups excluding carboxylic acids is 3. The number of imide groups is 2. The predicted molar refractivity (Wildman–Crippen MR) is 108 cm³/mol. The molecule has 9 nitrogen and oxygen atoms in total. The summed E-state index contributed by atoms with van der Waals surface area (Å²) >= 11 is 9.04. The van der Waals surface area contributed by atoms with Gasteiger partial charge in [0.2, 0.25) is 5.75 Å². The van der Waals surface area contributed by atoms with Gasteiger partial charge in [-0.25, -0.2) is 9.69 Å². The number of anilines is 1. The Balaban J connectivity index is 2.08. The summed E-state index contributed by atoms with van der Waals surface area (Å²) in [6.07, 6.45) is 1.09. The molecule has 0 aromatic heterocycles. The third-order valence-electron chi connectivity index (χ3n) is 4.09. The second-order valence-corrected chi connectivity index (χ2v) is 7.28. The summed E-state index contributed by atoms with van der Waals surface area (Å²) < 4.78 is 0.000431. The summed E-state index contributed by atoms with van der Waals surface area (Å²) in [7, 11) is 0. The third-order valence-corrected chi connectivity index (χ3v) is 5.10. The Bertz CT molecular complexity index is 1130. The molecule has 1 saturated heterocycles. The molecule has 0 aliphatic carbocycles. The Kier molecular flexibility index (Phi) is 5.40. The number of halogens is 2. The van der Waals surface area contributed by atoms with Crippen LogP contribution < -0.4 is 10.2 Å². The van der Waals surface area contributed by atoms with E-state index < -0.39 is 39.8 Å². The van der Waals surface area contributed by atoms with E-state index in [1.54, 1.807) is 13.0 Å². The van der Waals surface area contributed by atoms with E-state index in [0.717, 1.165) is 22.6 Å². The largest absolute Gasteiger partial charge is 0.501 e. The number of hydrogen-bond donors (Lipinski definition) is 2. The van der Waals surface area contributed by atoms with Gasteiger partial charge in [0.05, 0.1) is 15.1 Å². The number of phenols is 1. The molecule has 0 unspecified atom stereocenters. The fourth-order valence-electron chi connectivity index (χ4n) is 2.61. The lowest BCUT2D eigenvalue weighted by Crippen LogP contribution is -2.54. The molecular formula is C18H11BrClN3O6. The molecule has 2 N–H and O–H groups in total. The Labute approximate surface area is 176 Å². The Morgan fingerprint density at radius 3 is 2.55 bits per heavy atom. The maximum absolute atomic E-state index is 12.9. The van der Waals surface area contributed by atoms with Gasteiger partial charge in [0, 0.05) is 11.1 Å². The quantitative estimate of drug-likeness (QED) is 0.298. The first-order valence-electron chi connectivity index (χ1n) is 7.94. The fraction of sp³-hybridized carbons (Fsp3) is 0.0556. The van der Waals surface area contributed by atoms with Crippen LogP contribution in [-0.4, -0.2) is 27.9 Å². The van der Waals surface area contributed by atoms with E-state index in [4.69, 9.17) is 11.6 Å². The molecule has 0 spiro atoms. The second-order valence-electron chi connectivity index (χ2n) is 6.02. The zero-order valence-electron chi connectivity index (χ0n) is 14.6. The Morgan fingerprint density at radius 1 is 1.24 bits per heavy atom. The van der Waals surface area contributed by atoms with Crippen molar-refractivity contribution in [2.45, 2.75) is 6.92 Å². The van der Waals surface area contributed by atoms with Crippen LogP contribution in [0.25, 0.3) is 6.08 Å². The van der Waals surface area contributed by atoms with Gasteiger partial charge < -0.3 is 5.11 Å². The number of urea groups is 1. The van der Waals surface area contributed by atoms with Crippen LogP contribution in [-0.2, 0) is 9.59 Å². The van der Waals surface area contributed by atoms with Crippen molar-refractivity contribution in [1.29, 1.82) is 0 Å². The highest BCUT2D eigenvalue weighted by Gasteiger charge is 2.37. The molecule has 29 heavy (non-hydrogen) atoms. The molecule has 4 amide bonds. The number of aromatic hydroxyl groups is 1. The highest BCUT2D eigenvalue weighted by Crippen LogP contribution is 2.36. The molecule has 2 aromatic rings. The lowest BCUT2D eigenvalue weighted by molar-refractivity contribution is -0.386. The van der Waals surface area contributed by atoms with E-state index in [0.29, 0.717) is 5.02 Å². The van der Waals surface area contributed by atoms with Crippen LogP contribution in [0, 0.1) is 17.0 Å². The number of benzene rings is 2. The SMILES string of the molecule is Cc1ccc(N2C(=O)NC(=O)/C(=C/c3cc(Br)c(O)c([N+](=O)[O-])c3)C2=O)cc1Cl. The first kappa shape index (κ1) is 20.5. The summed E-state index contributed by atoms with van der Waals surface area (Å²) in [6, 6.07) is 5.85. The maximum atomic E-state index is 12.9. The fourth-order valence-corrected chi connectivity index (χ4v) is 3.25. The summed E-state index contributed by atoms with van der Waals surface area (Å²) in [4.78, 5) is 48.3. The molecule has 0 radical (unpaired) electrons. The van der Waals surface area contributed by atoms with E-state index in [1.165, 1.54) is 18.2 Å². The molecule has 0 atom stereocenters. The minimum atomic E-state index is -0.957. The molecule has 1 heterocycles. The average molecular weight is 481 g/mol. The van der Waals surface area contributed by atoms with Crippen LogP contribution in [0.4, 0.5) is 16.2 Å². The van der Waals surface area contributed by atoms with E-state index in [9.17, 15) is 29.6 Å². The topological polar surface area (TPSA) is 130 Å². The summed E-state index contributed by atoms with van der Waals surface area (Å²) in [5.74, 6) is -2.48. The molecule has 1 fully saturated rings. The van der Waals surface area contributed by atoms with Gasteiger partial charge in [-0.2, -0.15) is 0 Å². The van der Waals surface area contributed by atoms with Crippen LogP contribution in [0.2, 0.25) is 5.02 Å². The van der Waals surface area contributed by atoms with E-state index >= 15 is 0 Å². The predicted octanol–water partition coefficient (Wildman–Crippen LogP) is 3.69. The van der Waals surface area contributed by atoms with Crippen molar-refractivity contribution < 1.29 is 24.4 Å². The number of carbonyl (C=O) groups is 3. The summed E-state index contributed by atoms with van der Waals surface area (Å²) in [6.45, 7) is 1.74. The van der Waals surface area contributed by atoms with Gasteiger partial charge in [-0.3, -0.25) is 25.0 Å². The highest BCUT2D eigenvalue weighted by atomic mass is 79.9. The number of aryl methyl sites for hydroxylation is 1. The van der Waals surface area contributed by atoms with E-state index in [1.807, 2.05) is 5.32 Å². The van der Waals surface area contributed by atoms with Gasteiger partial charge in [0.1, 0.15) is 5.57 Å². The molecule has 1 aliphatic rings. The zero-order chi connectivity index (χ0) is 21.5. The van der Waals surface area contributed by atoms with Gasteiger partial charge in [-0.05, 0) is 58.3 Å². The van der Waals surface area contributed by atoms with Crippen molar-refractivity contribution in [2.75, 3.05) is 4.90 Å². The Morgan fingerprint density at radius 2 is 1.93 bits per heavy atom. The minimum Gasteiger partial charge on any atom is -0.501 e. The zero-order valence-corrected chi connectivity index (χ0v) is 16.9. The number of rotatable bonds is 3. The van der Waals surface area contributed by atoms with Crippen molar-refractivity contribution in [3.05, 3.63) is 66.6 Å². The second kappa shape index (κ2) is 7.64. The minimum absolute atomic E-state index is 0.000431. The van der Waals surface area contributed by atoms with Crippen molar-refractivity contribution in [3.8, 4) is 5.75 Å². The van der Waals surface area contributed by atoms with Gasteiger partial charge in [0.15, 0.2) is 0 Å². The number of nitro benzene ring substituents is 1. The van der Waals surface area contributed by atoms with E-state index in [2.05, 4.69) is 15.9 Å². The molecule has 148 valence electrons. The number of hydrogen-bond acceptors (Lipinski definition) is 6. The molecule has 2 aromatic carbocycles. The molecule has 0 saturated carbocycles. The number of barbiturate groups is 1. The van der Waals surface area contributed by atoms with Crippen molar-refractivity contribution in [3.63, 3.8) is 0 Å². The van der Waals surface area contributed by atoms with Crippen LogP contribution in [0.15, 0.2) is 40.4 Å². The highest BCUT2D eigenvalue weighted by molar-refractivity contribution is 9.10.